The summed E-state index contributed by atoms with van der Waals surface area (Å²) in [4.78, 5) is 52.6. The lowest BCUT2D eigenvalue weighted by Crippen LogP contribution is -2.53. The summed E-state index contributed by atoms with van der Waals surface area (Å²) in [5, 5.41) is 22.1. The molecule has 3 aromatic carbocycles. The van der Waals surface area contributed by atoms with Crippen LogP contribution in [0.5, 0.6) is 5.75 Å². The van der Waals surface area contributed by atoms with Crippen LogP contribution in [0.3, 0.4) is 0 Å². The van der Waals surface area contributed by atoms with Crippen molar-refractivity contribution in [2.45, 2.75) is 19.5 Å². The Morgan fingerprint density at radius 3 is 2.26 bits per heavy atom. The molecule has 10 nitrogen and oxygen atoms in total. The molecule has 3 rings (SSSR count). The van der Waals surface area contributed by atoms with Crippen molar-refractivity contribution in [3.05, 3.63) is 94.0 Å². The van der Waals surface area contributed by atoms with Gasteiger partial charge in [-0.15, -0.1) is 0 Å². The highest BCUT2D eigenvalue weighted by atomic mass is 35.5. The van der Waals surface area contributed by atoms with Crippen molar-refractivity contribution in [2.24, 2.45) is 0 Å². The minimum atomic E-state index is -1.28. The Labute approximate surface area is 224 Å². The summed E-state index contributed by atoms with van der Waals surface area (Å²) in [5.41, 5.74) is 4.01. The topological polar surface area (TPSA) is 139 Å². The lowest BCUT2D eigenvalue weighted by atomic mass is 10.1. The fourth-order valence-corrected chi connectivity index (χ4v) is 3.67. The molecule has 0 aliphatic carbocycles. The first kappa shape index (κ1) is 28.2. The third-order valence-corrected chi connectivity index (χ3v) is 5.85. The van der Waals surface area contributed by atoms with Crippen molar-refractivity contribution in [2.75, 3.05) is 19.0 Å². The van der Waals surface area contributed by atoms with Crippen molar-refractivity contribution in [3.63, 3.8) is 0 Å². The fourth-order valence-electron chi connectivity index (χ4n) is 3.41. The van der Waals surface area contributed by atoms with E-state index < -0.39 is 29.7 Å². The van der Waals surface area contributed by atoms with Crippen LogP contribution in [0, 0.1) is 0 Å². The van der Waals surface area contributed by atoms with Crippen LogP contribution < -0.4 is 15.6 Å². The molecule has 11 heteroatoms. The Kier molecular flexibility index (Phi) is 9.06. The van der Waals surface area contributed by atoms with Gasteiger partial charge >= 0.3 is 5.97 Å². The Morgan fingerprint density at radius 1 is 0.921 bits per heavy atom. The quantitative estimate of drug-likeness (QED) is 0.240. The molecule has 0 unspecified atom stereocenters. The molecule has 0 aromatic heterocycles. The maximum atomic E-state index is 13.4. The number of imide groups is 1. The molecule has 0 aliphatic rings. The minimum Gasteiger partial charge on any atom is -0.508 e. The molecule has 3 aromatic rings. The minimum absolute atomic E-state index is 0.0704. The zero-order chi connectivity index (χ0) is 28.0. The van der Waals surface area contributed by atoms with Crippen LogP contribution in [0.4, 0.5) is 5.69 Å². The van der Waals surface area contributed by atoms with Gasteiger partial charge in [0.05, 0.1) is 10.6 Å². The number of halogens is 1. The second kappa shape index (κ2) is 12.2. The molecule has 0 radical (unpaired) electrons. The van der Waals surface area contributed by atoms with Crippen LogP contribution in [-0.2, 0) is 11.3 Å². The van der Waals surface area contributed by atoms with E-state index in [1.807, 2.05) is 0 Å². The lowest BCUT2D eigenvalue weighted by molar-refractivity contribution is -0.139. The molecule has 0 bridgehead atoms. The summed E-state index contributed by atoms with van der Waals surface area (Å²) in [5.74, 6) is -3.35. The molecular formula is C27H27ClN4O6. The maximum absolute atomic E-state index is 13.4. The van der Waals surface area contributed by atoms with Gasteiger partial charge in [-0.2, -0.15) is 0 Å². The third kappa shape index (κ3) is 6.87. The number of nitrogens with one attached hydrogen (secondary N) is 2. The van der Waals surface area contributed by atoms with E-state index in [0.29, 0.717) is 16.3 Å². The molecular weight excluding hydrogens is 512 g/mol. The van der Waals surface area contributed by atoms with E-state index in [0.717, 1.165) is 0 Å². The summed E-state index contributed by atoms with van der Waals surface area (Å²) < 4.78 is 0. The number of hydrazine groups is 1. The highest BCUT2D eigenvalue weighted by Gasteiger charge is 2.29. The number of phenolic OH excluding ortho intramolecular Hbond substituents is 1. The molecule has 1 atom stereocenters. The first-order chi connectivity index (χ1) is 18.0. The number of carbonyl (C=O) groups excluding carboxylic acids is 3. The molecule has 198 valence electrons. The van der Waals surface area contributed by atoms with Crippen molar-refractivity contribution in [1.82, 2.24) is 15.8 Å². The molecule has 4 N–H and O–H groups in total. The van der Waals surface area contributed by atoms with E-state index >= 15 is 0 Å². The fraction of sp³-hybridized carbons (Fsp3) is 0.185. The zero-order valence-electron chi connectivity index (χ0n) is 20.9. The molecule has 0 heterocycles. The number of carboxylic acids is 1. The van der Waals surface area contributed by atoms with E-state index in [1.54, 1.807) is 49.3 Å². The molecule has 38 heavy (non-hydrogen) atoms. The van der Waals surface area contributed by atoms with Crippen LogP contribution in [0.15, 0.2) is 66.7 Å². The van der Waals surface area contributed by atoms with E-state index in [-0.39, 0.29) is 34.0 Å². The number of rotatable bonds is 9. The largest absolute Gasteiger partial charge is 0.508 e. The molecule has 0 aliphatic heterocycles. The van der Waals surface area contributed by atoms with E-state index in [9.17, 15) is 29.4 Å². The van der Waals surface area contributed by atoms with Gasteiger partial charge in [0.15, 0.2) is 0 Å². The number of amides is 3. The van der Waals surface area contributed by atoms with Crippen LogP contribution >= 0.6 is 11.6 Å². The van der Waals surface area contributed by atoms with Crippen LogP contribution in [0.25, 0.3) is 0 Å². The molecule has 0 saturated carbocycles. The first-order valence-corrected chi connectivity index (χ1v) is 11.9. The molecule has 0 spiro atoms. The number of benzene rings is 3. The average Bonchev–Trinajstić information content (AvgIpc) is 2.89. The van der Waals surface area contributed by atoms with Gasteiger partial charge in [0, 0.05) is 37.5 Å². The lowest BCUT2D eigenvalue weighted by Gasteiger charge is -2.25. The Hall–Kier alpha value is -4.41. The smallest absolute Gasteiger partial charge is 0.322 e. The zero-order valence-corrected chi connectivity index (χ0v) is 21.7. The van der Waals surface area contributed by atoms with Crippen LogP contribution in [0.1, 0.15) is 43.6 Å². The van der Waals surface area contributed by atoms with Gasteiger partial charge in [0.25, 0.3) is 17.7 Å². The van der Waals surface area contributed by atoms with Gasteiger partial charge in [-0.1, -0.05) is 29.8 Å². The summed E-state index contributed by atoms with van der Waals surface area (Å²) in [6.45, 7) is 1.44. The number of hydrogen-bond donors (Lipinski definition) is 4. The normalized spacial score (nSPS) is 11.4. The van der Waals surface area contributed by atoms with Crippen molar-refractivity contribution in [1.29, 1.82) is 0 Å². The summed E-state index contributed by atoms with van der Waals surface area (Å²) in [6, 6.07) is 15.6. The van der Waals surface area contributed by atoms with Gasteiger partial charge in [0.1, 0.15) is 11.8 Å². The third-order valence-electron chi connectivity index (χ3n) is 5.53. The predicted octanol–water partition coefficient (Wildman–Crippen LogP) is 3.30. The first-order valence-electron chi connectivity index (χ1n) is 11.5. The van der Waals surface area contributed by atoms with E-state index in [2.05, 4.69) is 10.7 Å². The average molecular weight is 539 g/mol. The highest BCUT2D eigenvalue weighted by molar-refractivity contribution is 6.34. The maximum Gasteiger partial charge on any atom is 0.322 e. The van der Waals surface area contributed by atoms with Crippen molar-refractivity contribution in [3.8, 4) is 5.75 Å². The van der Waals surface area contributed by atoms with Gasteiger partial charge in [-0.05, 0) is 61.0 Å². The second-order valence-corrected chi connectivity index (χ2v) is 9.03. The standard InChI is InChI=1S/C27H27ClN4O6/c1-16(27(37)38)30-32(25(35)19-7-5-8-20(13-19)31(2)3)26(36)22-11-10-18(14-23(22)28)24(34)29-15-17-6-4-9-21(33)12-17/h4-14,16,30,33H,15H2,1-3H3,(H,29,34)(H,37,38)/t16-/m0/s1. The number of aliphatic carboxylic acids is 1. The number of nitrogens with zero attached hydrogens (tertiary/aromatic N) is 2. The number of hydrogen-bond acceptors (Lipinski definition) is 7. The van der Waals surface area contributed by atoms with Crippen LogP contribution in [-0.4, -0.2) is 59.0 Å². The summed E-state index contributed by atoms with van der Waals surface area (Å²) in [7, 11) is 3.58. The summed E-state index contributed by atoms with van der Waals surface area (Å²) >= 11 is 6.34. The predicted molar refractivity (Wildman–Crippen MR) is 142 cm³/mol. The highest BCUT2D eigenvalue weighted by Crippen LogP contribution is 2.22. The van der Waals surface area contributed by atoms with Gasteiger partial charge < -0.3 is 20.4 Å². The molecule has 0 fully saturated rings. The number of carbonyl (C=O) groups is 4. The monoisotopic (exact) mass is 538 g/mol. The molecule has 0 saturated heterocycles. The van der Waals surface area contributed by atoms with Gasteiger partial charge in [-0.25, -0.2) is 10.4 Å². The van der Waals surface area contributed by atoms with Crippen molar-refractivity contribution < 1.29 is 29.4 Å². The van der Waals surface area contributed by atoms with Crippen LogP contribution in [0.2, 0.25) is 5.02 Å². The SMILES string of the molecule is C[C@H](NN(C(=O)c1cccc(N(C)C)c1)C(=O)c1ccc(C(=O)NCc2cccc(O)c2)cc1Cl)C(=O)O. The Morgan fingerprint density at radius 2 is 1.63 bits per heavy atom. The van der Waals surface area contributed by atoms with Crippen molar-refractivity contribution >= 4 is 41.0 Å². The molecule has 3 amide bonds. The van der Waals surface area contributed by atoms with E-state index in [1.165, 1.54) is 43.3 Å². The number of carboxylic acid groups (broad SMARTS) is 1. The van der Waals surface area contributed by atoms with Gasteiger partial charge in [0.2, 0.25) is 0 Å². The Balaban J connectivity index is 1.85. The number of aromatic hydroxyl groups is 1. The number of anilines is 1. The summed E-state index contributed by atoms with van der Waals surface area (Å²) in [6.07, 6.45) is 0. The van der Waals surface area contributed by atoms with Gasteiger partial charge in [-0.3, -0.25) is 19.2 Å². The van der Waals surface area contributed by atoms with E-state index in [4.69, 9.17) is 11.6 Å². The second-order valence-electron chi connectivity index (χ2n) is 8.63. The Bertz CT molecular complexity index is 1380. The number of phenols is 1.